The lowest BCUT2D eigenvalue weighted by atomic mass is 9.62. The number of aliphatic hydroxyl groups excluding tert-OH is 1. The highest BCUT2D eigenvalue weighted by Crippen LogP contribution is 2.58. The van der Waals surface area contributed by atoms with Gasteiger partial charge in [-0.15, -0.1) is 0 Å². The molecule has 0 heterocycles. The van der Waals surface area contributed by atoms with Gasteiger partial charge in [0, 0.05) is 6.42 Å². The molecule has 3 unspecified atom stereocenters. The highest BCUT2D eigenvalue weighted by atomic mass is 19.3. The zero-order valence-corrected chi connectivity index (χ0v) is 15.4. The van der Waals surface area contributed by atoms with E-state index in [1.807, 2.05) is 0 Å². The third-order valence-electron chi connectivity index (χ3n) is 7.12. The molecule has 3 saturated carbocycles. The van der Waals surface area contributed by atoms with Gasteiger partial charge in [0.25, 0.3) is 0 Å². The van der Waals surface area contributed by atoms with E-state index >= 15 is 0 Å². The zero-order chi connectivity index (χ0) is 18.0. The highest BCUT2D eigenvalue weighted by Gasteiger charge is 2.48. The summed E-state index contributed by atoms with van der Waals surface area (Å²) < 4.78 is 25.3. The maximum Gasteiger partial charge on any atom is 0.238 e. The van der Waals surface area contributed by atoms with Crippen molar-refractivity contribution in [1.29, 1.82) is 0 Å². The molecule has 3 fully saturated rings. The predicted molar refractivity (Wildman–Crippen MR) is 98.6 cm³/mol. The molecule has 3 aliphatic carbocycles. The van der Waals surface area contributed by atoms with E-state index < -0.39 is 6.43 Å². The lowest BCUT2D eigenvalue weighted by molar-refractivity contribution is 0.0894. The van der Waals surface area contributed by atoms with Gasteiger partial charge in [0.05, 0.1) is 6.10 Å². The number of allylic oxidation sites excluding steroid dienone is 3. The third kappa shape index (κ3) is 4.07. The lowest BCUT2D eigenvalue weighted by Gasteiger charge is -2.42. The first kappa shape index (κ1) is 18.8. The lowest BCUT2D eigenvalue weighted by Crippen LogP contribution is -2.33. The molecule has 1 nitrogen and oxygen atoms in total. The minimum Gasteiger partial charge on any atom is -0.388 e. The summed E-state index contributed by atoms with van der Waals surface area (Å²) in [7, 11) is 0. The number of hydrogen-bond acceptors (Lipinski definition) is 1. The summed E-state index contributed by atoms with van der Waals surface area (Å²) in [4.78, 5) is 0. The van der Waals surface area contributed by atoms with Crippen molar-refractivity contribution in [3.05, 3.63) is 35.5 Å². The maximum absolute atomic E-state index is 12.7. The van der Waals surface area contributed by atoms with E-state index in [-0.39, 0.29) is 17.9 Å². The van der Waals surface area contributed by atoms with Crippen LogP contribution in [0, 0.1) is 17.3 Å². The monoisotopic (exact) mass is 350 g/mol. The van der Waals surface area contributed by atoms with Gasteiger partial charge in [0.1, 0.15) is 0 Å². The van der Waals surface area contributed by atoms with Gasteiger partial charge in [-0.2, -0.15) is 0 Å². The quantitative estimate of drug-likeness (QED) is 0.598. The average molecular weight is 350 g/mol. The third-order valence-corrected chi connectivity index (χ3v) is 7.12. The summed E-state index contributed by atoms with van der Waals surface area (Å²) in [6, 6.07) is 0. The molecule has 0 radical (unpaired) electrons. The van der Waals surface area contributed by atoms with Gasteiger partial charge in [-0.25, -0.2) is 8.78 Å². The Kier molecular flexibility index (Phi) is 5.82. The van der Waals surface area contributed by atoms with Crippen molar-refractivity contribution in [3.8, 4) is 0 Å². The van der Waals surface area contributed by atoms with E-state index in [0.717, 1.165) is 37.7 Å². The fourth-order valence-electron chi connectivity index (χ4n) is 5.51. The van der Waals surface area contributed by atoms with Gasteiger partial charge in [-0.1, -0.05) is 36.8 Å². The zero-order valence-electron chi connectivity index (χ0n) is 15.4. The van der Waals surface area contributed by atoms with Crippen LogP contribution >= 0.6 is 0 Å². The molecule has 0 spiro atoms. The number of hydrogen-bond donors (Lipinski definition) is 1. The van der Waals surface area contributed by atoms with Crippen molar-refractivity contribution in [2.45, 2.75) is 83.7 Å². The number of aliphatic hydroxyl groups is 1. The molecular formula is C22H32F2O. The van der Waals surface area contributed by atoms with Gasteiger partial charge < -0.3 is 5.11 Å². The molecule has 0 aromatic rings. The Morgan fingerprint density at radius 1 is 1.24 bits per heavy atom. The van der Waals surface area contributed by atoms with Crippen molar-refractivity contribution >= 4 is 0 Å². The van der Waals surface area contributed by atoms with E-state index in [4.69, 9.17) is 0 Å². The molecule has 1 N–H and O–H groups in total. The van der Waals surface area contributed by atoms with Gasteiger partial charge >= 0.3 is 0 Å². The smallest absolute Gasteiger partial charge is 0.238 e. The predicted octanol–water partition coefficient (Wildman–Crippen LogP) is 6.20. The van der Waals surface area contributed by atoms with E-state index in [9.17, 15) is 13.9 Å². The molecule has 0 saturated heterocycles. The van der Waals surface area contributed by atoms with Crippen LogP contribution in [0.1, 0.15) is 71.1 Å². The minimum atomic E-state index is -2.17. The second-order valence-corrected chi connectivity index (χ2v) is 8.60. The molecule has 0 aromatic carbocycles. The van der Waals surface area contributed by atoms with Crippen molar-refractivity contribution in [2.75, 3.05) is 0 Å². The highest BCUT2D eigenvalue weighted by molar-refractivity contribution is 5.27. The van der Waals surface area contributed by atoms with Gasteiger partial charge in [0.2, 0.25) is 6.43 Å². The van der Waals surface area contributed by atoms with Crippen molar-refractivity contribution < 1.29 is 13.9 Å². The van der Waals surface area contributed by atoms with E-state index in [0.29, 0.717) is 24.7 Å². The molecule has 25 heavy (non-hydrogen) atoms. The van der Waals surface area contributed by atoms with Crippen molar-refractivity contribution in [3.63, 3.8) is 0 Å². The van der Waals surface area contributed by atoms with Crippen LogP contribution in [-0.4, -0.2) is 17.6 Å². The van der Waals surface area contributed by atoms with Crippen molar-refractivity contribution in [2.24, 2.45) is 17.3 Å². The number of alkyl halides is 2. The maximum atomic E-state index is 12.7. The Balaban J connectivity index is 1.70. The molecule has 0 aromatic heterocycles. The SMILES string of the molecule is C=C1CC/C(=C/C=C2\CCCC3(C)C(CCC(F)F)CCC23)C[C@H]1O. The number of fused-ring (bicyclic) bond motifs is 1. The molecule has 0 aliphatic heterocycles. The van der Waals surface area contributed by atoms with Gasteiger partial charge in [-0.3, -0.25) is 0 Å². The van der Waals surface area contributed by atoms with Crippen LogP contribution < -0.4 is 0 Å². The molecular weight excluding hydrogens is 318 g/mol. The standard InChI is InChI=1S/C22H32F2O/c1-15-5-6-16(14-20(15)25)7-8-17-4-3-13-22(2)18(9-11-19(17)22)10-12-21(23)24/h7-8,18-21,25H,1,3-6,9-14H2,2H3/b16-7-,17-8+/t18?,19?,20-,22?/m1/s1. The summed E-state index contributed by atoms with van der Waals surface area (Å²) >= 11 is 0. The fraction of sp³-hybridized carbons (Fsp3) is 0.727. The molecule has 3 rings (SSSR count). The van der Waals surface area contributed by atoms with Crippen LogP contribution in [0.3, 0.4) is 0 Å². The first-order valence-electron chi connectivity index (χ1n) is 9.92. The Hall–Kier alpha value is -0.960. The summed E-state index contributed by atoms with van der Waals surface area (Å²) in [5.74, 6) is 1.01. The number of rotatable bonds is 4. The average Bonchev–Trinajstić information content (AvgIpc) is 2.91. The number of halogens is 2. The minimum absolute atomic E-state index is 0.0534. The molecule has 0 amide bonds. The second-order valence-electron chi connectivity index (χ2n) is 8.60. The van der Waals surface area contributed by atoms with Crippen LogP contribution in [0.5, 0.6) is 0 Å². The van der Waals surface area contributed by atoms with Gasteiger partial charge in [-0.05, 0) is 80.6 Å². The fourth-order valence-corrected chi connectivity index (χ4v) is 5.51. The first-order chi connectivity index (χ1) is 11.9. The molecule has 4 atom stereocenters. The molecule has 0 bridgehead atoms. The Morgan fingerprint density at radius 3 is 2.76 bits per heavy atom. The Morgan fingerprint density at radius 2 is 2.04 bits per heavy atom. The van der Waals surface area contributed by atoms with E-state index in [2.05, 4.69) is 25.7 Å². The topological polar surface area (TPSA) is 20.2 Å². The van der Waals surface area contributed by atoms with Crippen LogP contribution in [0.15, 0.2) is 35.5 Å². The summed E-state index contributed by atoms with van der Waals surface area (Å²) in [5, 5.41) is 9.99. The van der Waals surface area contributed by atoms with Crippen LogP contribution in [0.25, 0.3) is 0 Å². The summed E-state index contributed by atoms with van der Waals surface area (Å²) in [6.45, 7) is 6.27. The van der Waals surface area contributed by atoms with E-state index in [1.54, 1.807) is 0 Å². The molecule has 3 aliphatic rings. The van der Waals surface area contributed by atoms with Crippen LogP contribution in [-0.2, 0) is 0 Å². The largest absolute Gasteiger partial charge is 0.388 e. The molecule has 3 heteroatoms. The van der Waals surface area contributed by atoms with E-state index in [1.165, 1.54) is 24.0 Å². The second kappa shape index (κ2) is 7.73. The van der Waals surface area contributed by atoms with Gasteiger partial charge in [0.15, 0.2) is 0 Å². The summed E-state index contributed by atoms with van der Waals surface area (Å²) in [6.07, 6.45) is 11.0. The Bertz CT molecular complexity index is 562. The Labute approximate surface area is 150 Å². The molecule has 140 valence electrons. The normalized spacial score (nSPS) is 39.4. The first-order valence-corrected chi connectivity index (χ1v) is 9.92. The van der Waals surface area contributed by atoms with Crippen LogP contribution in [0.4, 0.5) is 8.78 Å². The van der Waals surface area contributed by atoms with Crippen LogP contribution in [0.2, 0.25) is 0 Å². The van der Waals surface area contributed by atoms with Crippen molar-refractivity contribution in [1.82, 2.24) is 0 Å². The summed E-state index contributed by atoms with van der Waals surface area (Å²) in [5.41, 5.74) is 3.98.